The number of aryl methyl sites for hydroxylation is 1. The fraction of sp³-hybridized carbons (Fsp3) is 0.158. The molecule has 4 nitrogen and oxygen atoms in total. The van der Waals surface area contributed by atoms with Crippen molar-refractivity contribution in [3.63, 3.8) is 0 Å². The van der Waals surface area contributed by atoms with Gasteiger partial charge >= 0.3 is 5.97 Å². The summed E-state index contributed by atoms with van der Waals surface area (Å²) in [6.45, 7) is 3.34. The zero-order valence-corrected chi connectivity index (χ0v) is 12.9. The van der Waals surface area contributed by atoms with Crippen LogP contribution in [0, 0.1) is 18.3 Å². The molecule has 2 aromatic carbocycles. The van der Waals surface area contributed by atoms with E-state index in [1.54, 1.807) is 12.1 Å². The largest absolute Gasteiger partial charge is 0.470 e. The lowest BCUT2D eigenvalue weighted by molar-refractivity contribution is -0.131. The van der Waals surface area contributed by atoms with Gasteiger partial charge in [0.05, 0.1) is 0 Å². The van der Waals surface area contributed by atoms with Gasteiger partial charge in [0.15, 0.2) is 0 Å². The minimum atomic E-state index is -0.663. The van der Waals surface area contributed by atoms with E-state index in [9.17, 15) is 10.1 Å². The van der Waals surface area contributed by atoms with E-state index in [2.05, 4.69) is 6.07 Å². The molecule has 1 aliphatic rings. The van der Waals surface area contributed by atoms with Crippen molar-refractivity contribution in [2.75, 3.05) is 0 Å². The van der Waals surface area contributed by atoms with Gasteiger partial charge in [0, 0.05) is 18.1 Å². The summed E-state index contributed by atoms with van der Waals surface area (Å²) in [7, 11) is 0. The van der Waals surface area contributed by atoms with Gasteiger partial charge in [-0.3, -0.25) is 4.79 Å². The van der Waals surface area contributed by atoms with Crippen molar-refractivity contribution in [3.05, 3.63) is 59.2 Å². The third-order valence-electron chi connectivity index (χ3n) is 3.57. The summed E-state index contributed by atoms with van der Waals surface area (Å²) in [4.78, 5) is 11.0. The molecule has 0 amide bonds. The summed E-state index contributed by atoms with van der Waals surface area (Å²) in [5, 5.41) is 9.41. The third kappa shape index (κ3) is 3.09. The molecule has 0 fully saturated rings. The average Bonchev–Trinajstić information content (AvgIpc) is 2.53. The molecule has 0 spiro atoms. The maximum atomic E-state index is 11.0. The lowest BCUT2D eigenvalue weighted by atomic mass is 9.95. The Labute approximate surface area is 134 Å². The number of nitriles is 1. The Hall–Kier alpha value is -3.06. The lowest BCUT2D eigenvalue weighted by Gasteiger charge is -2.23. The van der Waals surface area contributed by atoms with Crippen molar-refractivity contribution >= 4 is 17.6 Å². The van der Waals surface area contributed by atoms with Crippen LogP contribution < -0.4 is 9.47 Å². The van der Waals surface area contributed by atoms with Gasteiger partial charge in [0.1, 0.15) is 17.6 Å². The number of fused-ring (bicyclic) bond motifs is 1. The van der Waals surface area contributed by atoms with Crippen molar-refractivity contribution < 1.29 is 14.3 Å². The van der Waals surface area contributed by atoms with Crippen LogP contribution in [0.4, 0.5) is 0 Å². The van der Waals surface area contributed by atoms with Gasteiger partial charge in [-0.05, 0) is 42.3 Å². The minimum absolute atomic E-state index is 0.364. The standard InChI is InChI=1S/C19H15NO3/c1-12-3-4-15-10-17(19(11-20)23-18(15)9-12)14-5-7-16(8-6-14)22-13(2)21/h3-10,19H,1-2H3. The van der Waals surface area contributed by atoms with Gasteiger partial charge in [-0.25, -0.2) is 0 Å². The molecular weight excluding hydrogens is 290 g/mol. The van der Waals surface area contributed by atoms with Crippen LogP contribution in [0.3, 0.4) is 0 Å². The van der Waals surface area contributed by atoms with Gasteiger partial charge in [-0.15, -0.1) is 0 Å². The van der Waals surface area contributed by atoms with Crippen molar-refractivity contribution in [1.29, 1.82) is 5.26 Å². The van der Waals surface area contributed by atoms with Gasteiger partial charge in [-0.1, -0.05) is 24.3 Å². The SMILES string of the molecule is CC(=O)Oc1ccc(C2=Cc3ccc(C)cc3OC2C#N)cc1. The van der Waals surface area contributed by atoms with E-state index in [1.807, 2.05) is 43.3 Å². The molecule has 4 heteroatoms. The summed E-state index contributed by atoms with van der Waals surface area (Å²) in [6, 6.07) is 15.1. The highest BCUT2D eigenvalue weighted by Gasteiger charge is 2.23. The Kier molecular flexibility index (Phi) is 3.86. The van der Waals surface area contributed by atoms with E-state index in [4.69, 9.17) is 9.47 Å². The summed E-state index contributed by atoms with van der Waals surface area (Å²) in [5.41, 5.74) is 3.68. The van der Waals surface area contributed by atoms with Crippen LogP contribution >= 0.6 is 0 Å². The van der Waals surface area contributed by atoms with Crippen molar-refractivity contribution in [3.8, 4) is 17.6 Å². The third-order valence-corrected chi connectivity index (χ3v) is 3.57. The van der Waals surface area contributed by atoms with Crippen LogP contribution in [-0.4, -0.2) is 12.1 Å². The zero-order valence-electron chi connectivity index (χ0n) is 12.9. The summed E-state index contributed by atoms with van der Waals surface area (Å²) in [5.74, 6) is 0.831. The number of esters is 1. The van der Waals surface area contributed by atoms with E-state index < -0.39 is 6.10 Å². The molecule has 0 saturated heterocycles. The predicted molar refractivity (Wildman–Crippen MR) is 86.8 cm³/mol. The Morgan fingerprint density at radius 2 is 1.96 bits per heavy atom. The summed E-state index contributed by atoms with van der Waals surface area (Å²) in [6.07, 6.45) is 1.30. The summed E-state index contributed by atoms with van der Waals surface area (Å²) >= 11 is 0. The Bertz CT molecular complexity index is 829. The van der Waals surface area contributed by atoms with Crippen molar-refractivity contribution in [2.45, 2.75) is 20.0 Å². The molecule has 3 rings (SSSR count). The molecule has 2 aromatic rings. The lowest BCUT2D eigenvalue weighted by Crippen LogP contribution is -2.20. The second-order valence-corrected chi connectivity index (χ2v) is 5.39. The van der Waals surface area contributed by atoms with Crippen LogP contribution in [0.15, 0.2) is 42.5 Å². The fourth-order valence-electron chi connectivity index (χ4n) is 2.51. The molecule has 0 radical (unpaired) electrons. The first-order valence-electron chi connectivity index (χ1n) is 7.24. The van der Waals surface area contributed by atoms with Gasteiger partial charge in [0.2, 0.25) is 6.10 Å². The second kappa shape index (κ2) is 5.98. The first kappa shape index (κ1) is 14.9. The molecule has 0 N–H and O–H groups in total. The molecule has 0 aliphatic carbocycles. The number of rotatable bonds is 2. The molecule has 1 aliphatic heterocycles. The second-order valence-electron chi connectivity index (χ2n) is 5.39. The number of benzene rings is 2. The van der Waals surface area contributed by atoms with Crippen LogP contribution in [0.1, 0.15) is 23.6 Å². The number of hydrogen-bond acceptors (Lipinski definition) is 4. The molecule has 0 bridgehead atoms. The fourth-order valence-corrected chi connectivity index (χ4v) is 2.51. The highest BCUT2D eigenvalue weighted by atomic mass is 16.5. The van der Waals surface area contributed by atoms with Gasteiger partial charge in [0.25, 0.3) is 0 Å². The van der Waals surface area contributed by atoms with Crippen molar-refractivity contribution in [1.82, 2.24) is 0 Å². The van der Waals surface area contributed by atoms with E-state index in [0.717, 1.165) is 28.0 Å². The Morgan fingerprint density at radius 1 is 1.22 bits per heavy atom. The van der Waals surface area contributed by atoms with Crippen molar-refractivity contribution in [2.24, 2.45) is 0 Å². The molecule has 23 heavy (non-hydrogen) atoms. The quantitative estimate of drug-likeness (QED) is 0.626. The van der Waals surface area contributed by atoms with E-state index in [-0.39, 0.29) is 5.97 Å². The van der Waals surface area contributed by atoms with Crippen LogP contribution in [0.25, 0.3) is 11.6 Å². The molecule has 1 heterocycles. The molecule has 1 atom stereocenters. The maximum absolute atomic E-state index is 11.0. The monoisotopic (exact) mass is 305 g/mol. The molecule has 1 unspecified atom stereocenters. The number of nitrogens with zero attached hydrogens (tertiary/aromatic N) is 1. The average molecular weight is 305 g/mol. The van der Waals surface area contributed by atoms with Crippen LogP contribution in [0.2, 0.25) is 0 Å². The molecule has 0 saturated carbocycles. The Morgan fingerprint density at radius 3 is 2.61 bits per heavy atom. The smallest absolute Gasteiger partial charge is 0.308 e. The molecular formula is C19H15NO3. The topological polar surface area (TPSA) is 59.3 Å². The highest BCUT2D eigenvalue weighted by molar-refractivity contribution is 5.88. The predicted octanol–water partition coefficient (Wildman–Crippen LogP) is 3.75. The normalized spacial score (nSPS) is 15.7. The minimum Gasteiger partial charge on any atom is -0.470 e. The first-order chi connectivity index (χ1) is 11.1. The Balaban J connectivity index is 1.98. The van der Waals surface area contributed by atoms with Crippen LogP contribution in [0.5, 0.6) is 11.5 Å². The van der Waals surface area contributed by atoms with Crippen LogP contribution in [-0.2, 0) is 4.79 Å². The number of carbonyl (C=O) groups excluding carboxylic acids is 1. The number of hydrogen-bond donors (Lipinski definition) is 0. The first-order valence-corrected chi connectivity index (χ1v) is 7.24. The maximum Gasteiger partial charge on any atom is 0.308 e. The zero-order chi connectivity index (χ0) is 16.4. The van der Waals surface area contributed by atoms with E-state index in [1.165, 1.54) is 6.92 Å². The molecule has 0 aromatic heterocycles. The van der Waals surface area contributed by atoms with Gasteiger partial charge < -0.3 is 9.47 Å². The summed E-state index contributed by atoms with van der Waals surface area (Å²) < 4.78 is 10.8. The highest BCUT2D eigenvalue weighted by Crippen LogP contribution is 2.35. The molecule has 114 valence electrons. The van der Waals surface area contributed by atoms with E-state index in [0.29, 0.717) is 5.75 Å². The van der Waals surface area contributed by atoms with Gasteiger partial charge in [-0.2, -0.15) is 5.26 Å². The number of ether oxygens (including phenoxy) is 2. The number of carbonyl (C=O) groups is 1. The van der Waals surface area contributed by atoms with E-state index >= 15 is 0 Å².